The van der Waals surface area contributed by atoms with Crippen LogP contribution in [0.1, 0.15) is 24.6 Å². The van der Waals surface area contributed by atoms with Gasteiger partial charge < -0.3 is 9.30 Å². The lowest BCUT2D eigenvalue weighted by Crippen LogP contribution is -2.14. The zero-order chi connectivity index (χ0) is 22.8. The van der Waals surface area contributed by atoms with Crippen LogP contribution in [0.15, 0.2) is 41.3 Å². The highest BCUT2D eigenvalue weighted by atomic mass is 35.5. The molecule has 3 aromatic rings. The van der Waals surface area contributed by atoms with E-state index >= 15 is 0 Å². The third-order valence-electron chi connectivity index (χ3n) is 4.41. The van der Waals surface area contributed by atoms with Crippen LogP contribution in [0, 0.1) is 6.92 Å². The first-order valence-corrected chi connectivity index (χ1v) is 12.0. The standard InChI is InChI=1S/C21H21Cl2N3O4S/c1-4-7-31(28,29)12-16-10-18(14-5-6-19(27)26(3)11-14)25-21(24-16)30-20-13(2)8-15(22)9-17(20)23/h5-6,8-11H,4,7,12H2,1-3H3. The number of aryl methyl sites for hydroxylation is 2. The summed E-state index contributed by atoms with van der Waals surface area (Å²) in [7, 11) is -1.74. The Kier molecular flexibility index (Phi) is 7.03. The predicted octanol–water partition coefficient (Wildman–Crippen LogP) is 4.57. The second-order valence-corrected chi connectivity index (χ2v) is 10.1. The van der Waals surface area contributed by atoms with Gasteiger partial charge in [0.25, 0.3) is 0 Å². The Morgan fingerprint density at radius 1 is 1.13 bits per heavy atom. The lowest BCUT2D eigenvalue weighted by molar-refractivity contribution is 0.438. The van der Waals surface area contributed by atoms with Gasteiger partial charge in [0, 0.05) is 29.9 Å². The molecular weight excluding hydrogens is 461 g/mol. The molecule has 2 aromatic heterocycles. The van der Waals surface area contributed by atoms with Crippen LogP contribution >= 0.6 is 23.2 Å². The molecular formula is C21H21Cl2N3O4S. The highest BCUT2D eigenvalue weighted by Gasteiger charge is 2.17. The van der Waals surface area contributed by atoms with Gasteiger partial charge in [0.2, 0.25) is 5.56 Å². The molecule has 0 N–H and O–H groups in total. The molecule has 0 amide bonds. The topological polar surface area (TPSA) is 91.2 Å². The van der Waals surface area contributed by atoms with Gasteiger partial charge in [-0.3, -0.25) is 4.79 Å². The van der Waals surface area contributed by atoms with Crippen molar-refractivity contribution in [2.24, 2.45) is 7.05 Å². The molecule has 0 spiro atoms. The third-order valence-corrected chi connectivity index (χ3v) is 6.68. The van der Waals surface area contributed by atoms with Crippen molar-refractivity contribution >= 4 is 33.0 Å². The number of nitrogens with zero attached hydrogens (tertiary/aromatic N) is 3. The second kappa shape index (κ2) is 9.38. The molecule has 31 heavy (non-hydrogen) atoms. The first-order chi connectivity index (χ1) is 14.6. The van der Waals surface area contributed by atoms with Gasteiger partial charge >= 0.3 is 6.01 Å². The summed E-state index contributed by atoms with van der Waals surface area (Å²) < 4.78 is 32.0. The fourth-order valence-electron chi connectivity index (χ4n) is 3.00. The van der Waals surface area contributed by atoms with E-state index in [1.807, 2.05) is 0 Å². The Hall–Kier alpha value is -2.42. The minimum absolute atomic E-state index is 0.0461. The van der Waals surface area contributed by atoms with Gasteiger partial charge in [-0.05, 0) is 43.2 Å². The molecule has 2 heterocycles. The Morgan fingerprint density at radius 2 is 1.87 bits per heavy atom. The number of halogens is 2. The summed E-state index contributed by atoms with van der Waals surface area (Å²) in [6.45, 7) is 3.57. The SMILES string of the molecule is CCCS(=O)(=O)Cc1cc(-c2ccc(=O)n(C)c2)nc(Oc2c(C)cc(Cl)cc2Cl)n1. The number of sulfone groups is 1. The van der Waals surface area contributed by atoms with Gasteiger partial charge in [-0.1, -0.05) is 30.1 Å². The van der Waals surface area contributed by atoms with Gasteiger partial charge in [0.05, 0.1) is 27.9 Å². The van der Waals surface area contributed by atoms with E-state index in [1.54, 1.807) is 45.3 Å². The summed E-state index contributed by atoms with van der Waals surface area (Å²) in [4.78, 5) is 20.4. The van der Waals surface area contributed by atoms with Gasteiger partial charge in [-0.2, -0.15) is 9.97 Å². The van der Waals surface area contributed by atoms with E-state index in [0.29, 0.717) is 34.0 Å². The number of aromatic nitrogens is 3. The van der Waals surface area contributed by atoms with Gasteiger partial charge in [0.15, 0.2) is 15.6 Å². The van der Waals surface area contributed by atoms with Crippen LogP contribution in [0.3, 0.4) is 0 Å². The van der Waals surface area contributed by atoms with E-state index in [9.17, 15) is 13.2 Å². The van der Waals surface area contributed by atoms with Crippen LogP contribution in [-0.4, -0.2) is 28.7 Å². The smallest absolute Gasteiger partial charge is 0.322 e. The molecule has 0 aliphatic rings. The number of benzene rings is 1. The van der Waals surface area contributed by atoms with Crippen LogP contribution in [0.25, 0.3) is 11.3 Å². The van der Waals surface area contributed by atoms with Crippen molar-refractivity contribution in [2.75, 3.05) is 5.75 Å². The van der Waals surface area contributed by atoms with E-state index < -0.39 is 9.84 Å². The van der Waals surface area contributed by atoms with Crippen LogP contribution < -0.4 is 10.3 Å². The first kappa shape index (κ1) is 23.2. The van der Waals surface area contributed by atoms with Crippen molar-refractivity contribution in [1.29, 1.82) is 0 Å². The van der Waals surface area contributed by atoms with E-state index in [-0.39, 0.29) is 33.8 Å². The van der Waals surface area contributed by atoms with Crippen LogP contribution in [0.4, 0.5) is 0 Å². The summed E-state index contributed by atoms with van der Waals surface area (Å²) in [5, 5.41) is 0.738. The molecule has 7 nitrogen and oxygen atoms in total. The van der Waals surface area contributed by atoms with E-state index in [2.05, 4.69) is 9.97 Å². The molecule has 10 heteroatoms. The Morgan fingerprint density at radius 3 is 2.52 bits per heavy atom. The molecule has 0 unspecified atom stereocenters. The quantitative estimate of drug-likeness (QED) is 0.490. The summed E-state index contributed by atoms with van der Waals surface area (Å²) in [6.07, 6.45) is 2.11. The zero-order valence-electron chi connectivity index (χ0n) is 17.2. The number of rotatable bonds is 7. The van der Waals surface area contributed by atoms with E-state index in [0.717, 1.165) is 0 Å². The lowest BCUT2D eigenvalue weighted by Gasteiger charge is -2.13. The van der Waals surface area contributed by atoms with Crippen molar-refractivity contribution < 1.29 is 13.2 Å². The highest BCUT2D eigenvalue weighted by Crippen LogP contribution is 2.35. The number of hydrogen-bond acceptors (Lipinski definition) is 6. The molecule has 0 aliphatic carbocycles. The molecule has 0 atom stereocenters. The maximum atomic E-state index is 12.4. The van der Waals surface area contributed by atoms with Crippen LogP contribution in [0.2, 0.25) is 10.0 Å². The Balaban J connectivity index is 2.10. The van der Waals surface area contributed by atoms with Gasteiger partial charge in [-0.15, -0.1) is 0 Å². The normalized spacial score (nSPS) is 11.5. The molecule has 0 bridgehead atoms. The molecule has 0 saturated heterocycles. The minimum atomic E-state index is -3.35. The molecule has 0 radical (unpaired) electrons. The maximum absolute atomic E-state index is 12.4. The monoisotopic (exact) mass is 481 g/mol. The Bertz CT molecular complexity index is 1270. The summed E-state index contributed by atoms with van der Waals surface area (Å²) in [6, 6.07) is 7.77. The third kappa shape index (κ3) is 5.84. The molecule has 0 fully saturated rings. The highest BCUT2D eigenvalue weighted by molar-refractivity contribution is 7.90. The van der Waals surface area contributed by atoms with Gasteiger partial charge in [-0.25, -0.2) is 8.42 Å². The summed E-state index contributed by atoms with van der Waals surface area (Å²) in [5.41, 5.74) is 1.81. The van der Waals surface area contributed by atoms with Crippen molar-refractivity contribution in [2.45, 2.75) is 26.0 Å². The van der Waals surface area contributed by atoms with E-state index in [4.69, 9.17) is 27.9 Å². The fraction of sp³-hybridized carbons (Fsp3) is 0.286. The van der Waals surface area contributed by atoms with Crippen LogP contribution in [-0.2, 0) is 22.6 Å². The van der Waals surface area contributed by atoms with Gasteiger partial charge in [0.1, 0.15) is 0 Å². The number of hydrogen-bond donors (Lipinski definition) is 0. The maximum Gasteiger partial charge on any atom is 0.322 e. The summed E-state index contributed by atoms with van der Waals surface area (Å²) in [5.74, 6) is 0.113. The first-order valence-electron chi connectivity index (χ1n) is 9.47. The average Bonchev–Trinajstić information content (AvgIpc) is 2.66. The number of ether oxygens (including phenoxy) is 1. The molecule has 0 aliphatic heterocycles. The van der Waals surface area contributed by atoms with Crippen LogP contribution in [0.5, 0.6) is 11.8 Å². The molecule has 1 aromatic carbocycles. The molecule has 0 saturated carbocycles. The van der Waals surface area contributed by atoms with Crippen molar-refractivity contribution in [3.05, 3.63) is 68.2 Å². The predicted molar refractivity (Wildman–Crippen MR) is 122 cm³/mol. The van der Waals surface area contributed by atoms with Crippen molar-refractivity contribution in [3.63, 3.8) is 0 Å². The van der Waals surface area contributed by atoms with Crippen molar-refractivity contribution in [1.82, 2.24) is 14.5 Å². The second-order valence-electron chi connectivity index (χ2n) is 7.12. The fourth-order valence-corrected chi connectivity index (χ4v) is 5.00. The summed E-state index contributed by atoms with van der Waals surface area (Å²) >= 11 is 12.3. The van der Waals surface area contributed by atoms with Crippen molar-refractivity contribution in [3.8, 4) is 23.0 Å². The molecule has 3 rings (SSSR count). The van der Waals surface area contributed by atoms with E-state index in [1.165, 1.54) is 16.7 Å². The minimum Gasteiger partial charge on any atom is -0.422 e. The molecule has 164 valence electrons. The average molecular weight is 482 g/mol. The Labute approximate surface area is 190 Å². The zero-order valence-corrected chi connectivity index (χ0v) is 19.6. The number of pyridine rings is 1. The lowest BCUT2D eigenvalue weighted by atomic mass is 10.2. The largest absolute Gasteiger partial charge is 0.422 e.